The number of nitrogens with one attached hydrogen (secondary N) is 1. The molecule has 0 aliphatic carbocycles. The Labute approximate surface area is 92.9 Å². The molecule has 0 saturated carbocycles. The minimum Gasteiger partial charge on any atom is -0.353 e. The highest BCUT2D eigenvalue weighted by Gasteiger charge is 2.09. The van der Waals surface area contributed by atoms with Crippen LogP contribution in [0.1, 0.15) is 39.8 Å². The van der Waals surface area contributed by atoms with E-state index in [2.05, 4.69) is 48.8 Å². The molecule has 3 heteroatoms. The van der Waals surface area contributed by atoms with E-state index >= 15 is 0 Å². The summed E-state index contributed by atoms with van der Waals surface area (Å²) in [6.07, 6.45) is 3.26. The quantitative estimate of drug-likeness (QED) is 0.807. The summed E-state index contributed by atoms with van der Waals surface area (Å²) in [6.45, 7) is 11.8. The van der Waals surface area contributed by atoms with Gasteiger partial charge in [0.25, 0.3) is 0 Å². The first-order valence-electron chi connectivity index (χ1n) is 5.83. The largest absolute Gasteiger partial charge is 0.353 e. The van der Waals surface area contributed by atoms with Crippen LogP contribution in [0.25, 0.3) is 0 Å². The maximum atomic E-state index is 4.48. The van der Waals surface area contributed by atoms with Gasteiger partial charge in [-0.15, -0.1) is 0 Å². The molecule has 0 amide bonds. The Morgan fingerprint density at radius 3 is 2.60 bits per heavy atom. The second-order valence-electron chi connectivity index (χ2n) is 4.67. The number of anilines is 1. The van der Waals surface area contributed by atoms with E-state index in [1.807, 2.05) is 6.92 Å². The van der Waals surface area contributed by atoms with Crippen molar-refractivity contribution < 1.29 is 0 Å². The molecule has 0 bridgehead atoms. The van der Waals surface area contributed by atoms with Crippen molar-refractivity contribution in [2.24, 2.45) is 5.92 Å². The maximum absolute atomic E-state index is 4.48. The Bertz CT molecular complexity index is 302. The van der Waals surface area contributed by atoms with Crippen LogP contribution in [-0.4, -0.2) is 15.6 Å². The molecular weight excluding hydrogens is 186 g/mol. The van der Waals surface area contributed by atoms with Gasteiger partial charge in [0.05, 0.1) is 5.69 Å². The zero-order valence-corrected chi connectivity index (χ0v) is 10.5. The first kappa shape index (κ1) is 12.1. The van der Waals surface area contributed by atoms with Gasteiger partial charge in [0.1, 0.15) is 0 Å². The monoisotopic (exact) mass is 209 g/mol. The van der Waals surface area contributed by atoms with Crippen LogP contribution in [-0.2, 0) is 6.54 Å². The normalized spacial score (nSPS) is 13.2. The highest BCUT2D eigenvalue weighted by atomic mass is 15.2. The molecule has 0 spiro atoms. The lowest BCUT2D eigenvalue weighted by molar-refractivity contribution is 0.535. The van der Waals surface area contributed by atoms with Gasteiger partial charge in [0.15, 0.2) is 0 Å². The minimum atomic E-state index is 0.483. The minimum absolute atomic E-state index is 0.483. The van der Waals surface area contributed by atoms with Crippen molar-refractivity contribution in [1.82, 2.24) is 9.55 Å². The van der Waals surface area contributed by atoms with Crippen LogP contribution >= 0.6 is 0 Å². The maximum Gasteiger partial charge on any atom is 0.203 e. The highest BCUT2D eigenvalue weighted by molar-refractivity contribution is 5.29. The first-order valence-corrected chi connectivity index (χ1v) is 5.83. The lowest BCUT2D eigenvalue weighted by Gasteiger charge is -2.17. The molecule has 3 nitrogen and oxygen atoms in total. The fraction of sp³-hybridized carbons (Fsp3) is 0.750. The molecule has 0 radical (unpaired) electrons. The third-order valence-corrected chi connectivity index (χ3v) is 2.44. The molecule has 1 aromatic rings. The summed E-state index contributed by atoms with van der Waals surface area (Å²) in [7, 11) is 0. The Morgan fingerprint density at radius 2 is 2.07 bits per heavy atom. The second kappa shape index (κ2) is 5.19. The van der Waals surface area contributed by atoms with Gasteiger partial charge in [-0.1, -0.05) is 13.8 Å². The fourth-order valence-corrected chi connectivity index (χ4v) is 1.89. The molecule has 0 aliphatic rings. The van der Waals surface area contributed by atoms with Gasteiger partial charge < -0.3 is 9.88 Å². The van der Waals surface area contributed by atoms with Gasteiger partial charge >= 0.3 is 0 Å². The number of imidazole rings is 1. The van der Waals surface area contributed by atoms with Gasteiger partial charge in [-0.05, 0) is 33.1 Å². The van der Waals surface area contributed by atoms with Crippen LogP contribution < -0.4 is 5.32 Å². The lowest BCUT2D eigenvalue weighted by Crippen LogP contribution is -2.20. The van der Waals surface area contributed by atoms with Crippen LogP contribution in [0.15, 0.2) is 6.20 Å². The average molecular weight is 209 g/mol. The molecular formula is C12H23N3. The van der Waals surface area contributed by atoms with E-state index in [4.69, 9.17) is 0 Å². The zero-order valence-electron chi connectivity index (χ0n) is 10.5. The van der Waals surface area contributed by atoms with Crippen LogP contribution in [0.5, 0.6) is 0 Å². The summed E-state index contributed by atoms with van der Waals surface area (Å²) in [6, 6.07) is 0.483. The van der Waals surface area contributed by atoms with Gasteiger partial charge in [-0.25, -0.2) is 4.98 Å². The van der Waals surface area contributed by atoms with Crippen LogP contribution in [0.3, 0.4) is 0 Å². The standard InChI is InChI=1S/C12H23N3/c1-6-15-8-11(5)14-12(15)13-10(4)7-9(2)3/h8-10H,6-7H2,1-5H3,(H,13,14). The summed E-state index contributed by atoms with van der Waals surface area (Å²) in [5.74, 6) is 1.72. The summed E-state index contributed by atoms with van der Waals surface area (Å²) in [5.41, 5.74) is 1.08. The van der Waals surface area contributed by atoms with Gasteiger partial charge in [-0.3, -0.25) is 0 Å². The van der Waals surface area contributed by atoms with Crippen molar-refractivity contribution in [3.63, 3.8) is 0 Å². The van der Waals surface area contributed by atoms with Crippen LogP contribution in [0.2, 0.25) is 0 Å². The molecule has 86 valence electrons. The number of hydrogen-bond donors (Lipinski definition) is 1. The Morgan fingerprint density at radius 1 is 1.40 bits per heavy atom. The predicted molar refractivity (Wildman–Crippen MR) is 65.2 cm³/mol. The molecule has 0 aliphatic heterocycles. The molecule has 1 aromatic heterocycles. The predicted octanol–water partition coefficient (Wildman–Crippen LogP) is 3.06. The van der Waals surface area contributed by atoms with Crippen LogP contribution in [0, 0.1) is 12.8 Å². The Kier molecular flexibility index (Phi) is 4.18. The lowest BCUT2D eigenvalue weighted by atomic mass is 10.1. The molecule has 1 rings (SSSR count). The van der Waals surface area contributed by atoms with E-state index in [-0.39, 0.29) is 0 Å². The molecule has 1 N–H and O–H groups in total. The van der Waals surface area contributed by atoms with Gasteiger partial charge in [0, 0.05) is 18.8 Å². The Balaban J connectivity index is 2.62. The summed E-state index contributed by atoms with van der Waals surface area (Å²) >= 11 is 0. The first-order chi connectivity index (χ1) is 7.02. The third-order valence-electron chi connectivity index (χ3n) is 2.44. The third kappa shape index (κ3) is 3.57. The van der Waals surface area contributed by atoms with Crippen LogP contribution in [0.4, 0.5) is 5.95 Å². The molecule has 15 heavy (non-hydrogen) atoms. The second-order valence-corrected chi connectivity index (χ2v) is 4.67. The smallest absolute Gasteiger partial charge is 0.203 e. The van der Waals surface area contributed by atoms with Crippen molar-refractivity contribution in [2.75, 3.05) is 5.32 Å². The van der Waals surface area contributed by atoms with Crippen molar-refractivity contribution in [3.8, 4) is 0 Å². The van der Waals surface area contributed by atoms with E-state index in [0.29, 0.717) is 6.04 Å². The number of aryl methyl sites for hydroxylation is 2. The van der Waals surface area contributed by atoms with E-state index in [1.54, 1.807) is 0 Å². The van der Waals surface area contributed by atoms with Gasteiger partial charge in [-0.2, -0.15) is 0 Å². The summed E-state index contributed by atoms with van der Waals surface area (Å²) < 4.78 is 2.16. The Hall–Kier alpha value is -0.990. The van der Waals surface area contributed by atoms with E-state index in [9.17, 15) is 0 Å². The average Bonchev–Trinajstić information content (AvgIpc) is 2.44. The van der Waals surface area contributed by atoms with Crippen molar-refractivity contribution in [2.45, 2.75) is 53.6 Å². The summed E-state index contributed by atoms with van der Waals surface area (Å²) in [5, 5.41) is 3.47. The van der Waals surface area contributed by atoms with E-state index in [1.165, 1.54) is 6.42 Å². The fourth-order valence-electron chi connectivity index (χ4n) is 1.89. The van der Waals surface area contributed by atoms with Crippen molar-refractivity contribution >= 4 is 5.95 Å². The molecule has 0 fully saturated rings. The number of nitrogens with zero attached hydrogens (tertiary/aromatic N) is 2. The number of aromatic nitrogens is 2. The van der Waals surface area contributed by atoms with E-state index in [0.717, 1.165) is 24.1 Å². The molecule has 1 unspecified atom stereocenters. The summed E-state index contributed by atoms with van der Waals surface area (Å²) in [4.78, 5) is 4.48. The molecule has 0 aromatic carbocycles. The topological polar surface area (TPSA) is 29.9 Å². The van der Waals surface area contributed by atoms with Crippen molar-refractivity contribution in [3.05, 3.63) is 11.9 Å². The molecule has 0 saturated heterocycles. The molecule has 1 heterocycles. The van der Waals surface area contributed by atoms with Gasteiger partial charge in [0.2, 0.25) is 5.95 Å². The van der Waals surface area contributed by atoms with Crippen molar-refractivity contribution in [1.29, 1.82) is 0 Å². The number of hydrogen-bond acceptors (Lipinski definition) is 2. The highest BCUT2D eigenvalue weighted by Crippen LogP contribution is 2.13. The molecule has 1 atom stereocenters. The SMILES string of the molecule is CCn1cc(C)nc1NC(C)CC(C)C. The zero-order chi connectivity index (χ0) is 11.4. The van der Waals surface area contributed by atoms with E-state index < -0.39 is 0 Å². The number of rotatable bonds is 5.